The lowest BCUT2D eigenvalue weighted by Gasteiger charge is -2.11. The largest absolute Gasteiger partial charge is 0.489 e. The Balaban J connectivity index is 1.69. The summed E-state index contributed by atoms with van der Waals surface area (Å²) in [6, 6.07) is 13.6. The zero-order valence-corrected chi connectivity index (χ0v) is 15.5. The lowest BCUT2D eigenvalue weighted by Crippen LogP contribution is -2.13. The number of aromatic nitrogens is 2. The summed E-state index contributed by atoms with van der Waals surface area (Å²) in [4.78, 5) is 12.5. The van der Waals surface area contributed by atoms with Crippen LogP contribution in [0.25, 0.3) is 0 Å². The average Bonchev–Trinajstić information content (AvgIpc) is 2.93. The molecular weight excluding hydrogens is 326 g/mol. The van der Waals surface area contributed by atoms with Crippen LogP contribution in [-0.2, 0) is 13.7 Å². The van der Waals surface area contributed by atoms with Gasteiger partial charge >= 0.3 is 0 Å². The van der Waals surface area contributed by atoms with Crippen LogP contribution in [0.2, 0.25) is 0 Å². The molecule has 134 valence electrons. The summed E-state index contributed by atoms with van der Waals surface area (Å²) in [5.41, 5.74) is 5.47. The van der Waals surface area contributed by atoms with Crippen molar-refractivity contribution in [3.63, 3.8) is 0 Å². The highest BCUT2D eigenvalue weighted by Crippen LogP contribution is 2.20. The Labute approximate surface area is 153 Å². The van der Waals surface area contributed by atoms with E-state index in [0.717, 1.165) is 28.3 Å². The van der Waals surface area contributed by atoms with E-state index < -0.39 is 0 Å². The summed E-state index contributed by atoms with van der Waals surface area (Å²) < 4.78 is 7.63. The molecule has 1 aromatic heterocycles. The maximum atomic E-state index is 12.5. The highest BCUT2D eigenvalue weighted by atomic mass is 16.5. The first-order valence-electron chi connectivity index (χ1n) is 8.53. The maximum absolute atomic E-state index is 12.5. The second-order valence-electron chi connectivity index (χ2n) is 6.48. The van der Waals surface area contributed by atoms with E-state index in [1.54, 1.807) is 16.9 Å². The molecule has 26 heavy (non-hydrogen) atoms. The smallest absolute Gasteiger partial charge is 0.255 e. The topological polar surface area (TPSA) is 56.1 Å². The van der Waals surface area contributed by atoms with Gasteiger partial charge in [-0.15, -0.1) is 0 Å². The molecule has 1 N–H and O–H groups in total. The van der Waals surface area contributed by atoms with Crippen molar-refractivity contribution in [1.82, 2.24) is 9.78 Å². The number of hydrogen-bond acceptors (Lipinski definition) is 3. The van der Waals surface area contributed by atoms with Crippen molar-refractivity contribution in [2.75, 3.05) is 5.32 Å². The second-order valence-corrected chi connectivity index (χ2v) is 6.48. The number of ether oxygens (including phenoxy) is 1. The van der Waals surface area contributed by atoms with Gasteiger partial charge < -0.3 is 10.1 Å². The summed E-state index contributed by atoms with van der Waals surface area (Å²) in [5.74, 6) is 0.700. The van der Waals surface area contributed by atoms with Gasteiger partial charge in [0.05, 0.1) is 17.6 Å². The summed E-state index contributed by atoms with van der Waals surface area (Å²) in [6.45, 7) is 6.42. The van der Waals surface area contributed by atoms with Gasteiger partial charge in [-0.3, -0.25) is 9.48 Å². The maximum Gasteiger partial charge on any atom is 0.255 e. The number of anilines is 1. The first kappa shape index (κ1) is 17.7. The van der Waals surface area contributed by atoms with Gasteiger partial charge in [0.15, 0.2) is 0 Å². The molecule has 0 saturated carbocycles. The fraction of sp³-hybridized carbons (Fsp3) is 0.238. The predicted molar refractivity (Wildman–Crippen MR) is 103 cm³/mol. The van der Waals surface area contributed by atoms with Gasteiger partial charge in [-0.2, -0.15) is 5.10 Å². The number of rotatable bonds is 5. The number of amides is 1. The van der Waals surface area contributed by atoms with Crippen molar-refractivity contribution in [2.24, 2.45) is 7.05 Å². The standard InChI is InChI=1S/C21H23N3O2/c1-14-8-9-20(15(2)10-14)26-13-17-6-5-7-18(11-17)21(25)23-19-12-22-24(4)16(19)3/h5-12H,13H2,1-4H3,(H,23,25). The third-order valence-electron chi connectivity index (χ3n) is 4.40. The van der Waals surface area contributed by atoms with Crippen LogP contribution in [0.15, 0.2) is 48.7 Å². The number of carbonyl (C=O) groups is 1. The van der Waals surface area contributed by atoms with E-state index in [-0.39, 0.29) is 5.91 Å². The lowest BCUT2D eigenvalue weighted by atomic mass is 10.1. The Morgan fingerprint density at radius 1 is 1.15 bits per heavy atom. The normalized spacial score (nSPS) is 10.6. The van der Waals surface area contributed by atoms with Crippen LogP contribution < -0.4 is 10.1 Å². The zero-order valence-electron chi connectivity index (χ0n) is 15.5. The van der Waals surface area contributed by atoms with Crippen LogP contribution >= 0.6 is 0 Å². The number of carbonyl (C=O) groups excluding carboxylic acids is 1. The highest BCUT2D eigenvalue weighted by Gasteiger charge is 2.11. The SMILES string of the molecule is Cc1ccc(OCc2cccc(C(=O)Nc3cnn(C)c3C)c2)c(C)c1. The van der Waals surface area contributed by atoms with Gasteiger partial charge in [-0.1, -0.05) is 29.8 Å². The molecule has 0 bridgehead atoms. The molecule has 0 atom stereocenters. The van der Waals surface area contributed by atoms with E-state index in [1.807, 2.05) is 51.2 Å². The molecule has 0 fully saturated rings. The molecule has 0 radical (unpaired) electrons. The molecule has 2 aromatic carbocycles. The molecule has 5 nitrogen and oxygen atoms in total. The Morgan fingerprint density at radius 3 is 2.65 bits per heavy atom. The van der Waals surface area contributed by atoms with E-state index in [4.69, 9.17) is 4.74 Å². The van der Waals surface area contributed by atoms with Gasteiger partial charge in [-0.25, -0.2) is 0 Å². The third kappa shape index (κ3) is 3.94. The van der Waals surface area contributed by atoms with E-state index in [2.05, 4.69) is 23.4 Å². The minimum absolute atomic E-state index is 0.158. The Hall–Kier alpha value is -3.08. The molecule has 0 aliphatic carbocycles. The molecule has 1 heterocycles. The highest BCUT2D eigenvalue weighted by molar-refractivity contribution is 6.04. The molecule has 5 heteroatoms. The number of hydrogen-bond donors (Lipinski definition) is 1. The molecule has 0 unspecified atom stereocenters. The monoisotopic (exact) mass is 349 g/mol. The Bertz CT molecular complexity index is 944. The van der Waals surface area contributed by atoms with Crippen molar-refractivity contribution < 1.29 is 9.53 Å². The van der Waals surface area contributed by atoms with E-state index in [0.29, 0.717) is 12.2 Å². The number of benzene rings is 2. The number of aryl methyl sites for hydroxylation is 3. The van der Waals surface area contributed by atoms with Crippen LogP contribution in [-0.4, -0.2) is 15.7 Å². The Kier molecular flexibility index (Phi) is 5.07. The van der Waals surface area contributed by atoms with Gasteiger partial charge in [0.1, 0.15) is 12.4 Å². The average molecular weight is 349 g/mol. The van der Waals surface area contributed by atoms with Crippen molar-refractivity contribution in [3.05, 3.63) is 76.6 Å². The van der Waals surface area contributed by atoms with Gasteiger partial charge in [-0.05, 0) is 50.1 Å². The summed E-state index contributed by atoms with van der Waals surface area (Å²) in [5, 5.41) is 7.04. The van der Waals surface area contributed by atoms with E-state index in [9.17, 15) is 4.79 Å². The molecule has 0 spiro atoms. The zero-order chi connectivity index (χ0) is 18.7. The molecule has 3 rings (SSSR count). The molecule has 3 aromatic rings. The quantitative estimate of drug-likeness (QED) is 0.752. The molecule has 0 saturated heterocycles. The van der Waals surface area contributed by atoms with Gasteiger partial charge in [0.25, 0.3) is 5.91 Å². The second kappa shape index (κ2) is 7.44. The molecular formula is C21H23N3O2. The third-order valence-corrected chi connectivity index (χ3v) is 4.40. The van der Waals surface area contributed by atoms with Crippen molar-refractivity contribution in [3.8, 4) is 5.75 Å². The minimum atomic E-state index is -0.158. The van der Waals surface area contributed by atoms with E-state index >= 15 is 0 Å². The van der Waals surface area contributed by atoms with Gasteiger partial charge in [0, 0.05) is 12.6 Å². The van der Waals surface area contributed by atoms with Gasteiger partial charge in [0.2, 0.25) is 0 Å². The van der Waals surface area contributed by atoms with Crippen LogP contribution in [0.4, 0.5) is 5.69 Å². The summed E-state index contributed by atoms with van der Waals surface area (Å²) in [7, 11) is 1.84. The fourth-order valence-corrected chi connectivity index (χ4v) is 2.74. The van der Waals surface area contributed by atoms with Crippen LogP contribution in [0.3, 0.4) is 0 Å². The van der Waals surface area contributed by atoms with Crippen LogP contribution in [0.1, 0.15) is 32.7 Å². The minimum Gasteiger partial charge on any atom is -0.489 e. The molecule has 0 aliphatic rings. The van der Waals surface area contributed by atoms with Crippen LogP contribution in [0, 0.1) is 20.8 Å². The Morgan fingerprint density at radius 2 is 1.96 bits per heavy atom. The number of nitrogens with one attached hydrogen (secondary N) is 1. The van der Waals surface area contributed by atoms with Crippen molar-refractivity contribution in [2.45, 2.75) is 27.4 Å². The van der Waals surface area contributed by atoms with Crippen LogP contribution in [0.5, 0.6) is 5.75 Å². The molecule has 1 amide bonds. The molecule has 0 aliphatic heterocycles. The summed E-state index contributed by atoms with van der Waals surface area (Å²) >= 11 is 0. The van der Waals surface area contributed by atoms with Crippen molar-refractivity contribution in [1.29, 1.82) is 0 Å². The first-order chi connectivity index (χ1) is 12.4. The fourth-order valence-electron chi connectivity index (χ4n) is 2.74. The number of nitrogens with zero attached hydrogens (tertiary/aromatic N) is 2. The summed E-state index contributed by atoms with van der Waals surface area (Å²) in [6.07, 6.45) is 1.65. The predicted octanol–water partition coefficient (Wildman–Crippen LogP) is 4.18. The van der Waals surface area contributed by atoms with E-state index in [1.165, 1.54) is 5.56 Å². The lowest BCUT2D eigenvalue weighted by molar-refractivity contribution is 0.102. The first-order valence-corrected chi connectivity index (χ1v) is 8.53. The van der Waals surface area contributed by atoms with Crippen molar-refractivity contribution >= 4 is 11.6 Å².